The van der Waals surface area contributed by atoms with Crippen LogP contribution in [-0.2, 0) is 11.3 Å². The van der Waals surface area contributed by atoms with Crippen LogP contribution < -0.4 is 15.4 Å². The number of hydrogen-bond donors (Lipinski definition) is 2. The number of carbonyl (C=O) groups is 1. The van der Waals surface area contributed by atoms with Crippen LogP contribution in [0, 0.1) is 13.8 Å². The SMILES string of the molecule is COc1c(C)cnc(CNC(C)C(=O)NC(C)(C)C)c1C. The Morgan fingerprint density at radius 2 is 2.00 bits per heavy atom. The van der Waals surface area contributed by atoms with E-state index in [1.54, 1.807) is 13.3 Å². The largest absolute Gasteiger partial charge is 0.496 e. The molecule has 0 radical (unpaired) electrons. The Hall–Kier alpha value is -1.62. The fourth-order valence-corrected chi connectivity index (χ4v) is 2.07. The number of ether oxygens (including phenoxy) is 1. The quantitative estimate of drug-likeness (QED) is 0.872. The Bertz CT molecular complexity index is 507. The van der Waals surface area contributed by atoms with Gasteiger partial charge in [0, 0.05) is 29.4 Å². The van der Waals surface area contributed by atoms with Crippen LogP contribution in [0.3, 0.4) is 0 Å². The number of pyridine rings is 1. The molecule has 1 rings (SSSR count). The Balaban J connectivity index is 2.70. The number of amides is 1. The highest BCUT2D eigenvalue weighted by atomic mass is 16.5. The molecule has 1 heterocycles. The minimum Gasteiger partial charge on any atom is -0.496 e. The highest BCUT2D eigenvalue weighted by Gasteiger charge is 2.19. The van der Waals surface area contributed by atoms with Crippen LogP contribution in [0.4, 0.5) is 0 Å². The summed E-state index contributed by atoms with van der Waals surface area (Å²) in [5.41, 5.74) is 2.69. The molecular formula is C16H27N3O2. The first-order chi connectivity index (χ1) is 9.65. The lowest BCUT2D eigenvalue weighted by Crippen LogP contribution is -2.49. The zero-order chi connectivity index (χ0) is 16.2. The molecule has 5 nitrogen and oxygen atoms in total. The predicted octanol–water partition coefficient (Wildman–Crippen LogP) is 2.10. The molecule has 0 aromatic carbocycles. The summed E-state index contributed by atoms with van der Waals surface area (Å²) in [6, 6.07) is -0.280. The van der Waals surface area contributed by atoms with E-state index in [2.05, 4.69) is 15.6 Å². The highest BCUT2D eigenvalue weighted by molar-refractivity contribution is 5.81. The van der Waals surface area contributed by atoms with E-state index in [0.717, 1.165) is 22.6 Å². The van der Waals surface area contributed by atoms with Crippen molar-refractivity contribution in [3.05, 3.63) is 23.0 Å². The number of nitrogens with one attached hydrogen (secondary N) is 2. The molecule has 0 bridgehead atoms. The molecule has 0 aliphatic carbocycles. The summed E-state index contributed by atoms with van der Waals surface area (Å²) < 4.78 is 5.39. The molecule has 1 aromatic rings. The molecular weight excluding hydrogens is 266 g/mol. The third-order valence-corrected chi connectivity index (χ3v) is 3.22. The zero-order valence-corrected chi connectivity index (χ0v) is 14.1. The summed E-state index contributed by atoms with van der Waals surface area (Å²) in [5.74, 6) is 0.841. The summed E-state index contributed by atoms with van der Waals surface area (Å²) >= 11 is 0. The van der Waals surface area contributed by atoms with Crippen molar-refractivity contribution in [2.24, 2.45) is 0 Å². The summed E-state index contributed by atoms with van der Waals surface area (Å²) in [6.45, 7) is 12.2. The van der Waals surface area contributed by atoms with Gasteiger partial charge in [-0.05, 0) is 41.5 Å². The highest BCUT2D eigenvalue weighted by Crippen LogP contribution is 2.23. The second-order valence-electron chi connectivity index (χ2n) is 6.39. The first kappa shape index (κ1) is 17.4. The van der Waals surface area contributed by atoms with Gasteiger partial charge >= 0.3 is 0 Å². The smallest absolute Gasteiger partial charge is 0.237 e. The van der Waals surface area contributed by atoms with E-state index in [-0.39, 0.29) is 17.5 Å². The van der Waals surface area contributed by atoms with E-state index in [9.17, 15) is 4.79 Å². The average Bonchev–Trinajstić information content (AvgIpc) is 2.36. The number of carbonyl (C=O) groups excluding carboxylic acids is 1. The summed E-state index contributed by atoms with van der Waals surface area (Å²) in [6.07, 6.45) is 1.79. The lowest BCUT2D eigenvalue weighted by Gasteiger charge is -2.24. The molecule has 1 aromatic heterocycles. The van der Waals surface area contributed by atoms with Gasteiger partial charge in [-0.25, -0.2) is 0 Å². The molecule has 1 unspecified atom stereocenters. The molecule has 118 valence electrons. The summed E-state index contributed by atoms with van der Waals surface area (Å²) in [7, 11) is 1.66. The molecule has 2 N–H and O–H groups in total. The second kappa shape index (κ2) is 6.89. The second-order valence-corrected chi connectivity index (χ2v) is 6.39. The Labute approximate surface area is 127 Å². The maximum absolute atomic E-state index is 12.0. The van der Waals surface area contributed by atoms with Crippen molar-refractivity contribution >= 4 is 5.91 Å². The first-order valence-electron chi connectivity index (χ1n) is 7.20. The molecule has 0 aliphatic rings. The Morgan fingerprint density at radius 1 is 1.38 bits per heavy atom. The van der Waals surface area contributed by atoms with E-state index in [4.69, 9.17) is 4.74 Å². The van der Waals surface area contributed by atoms with Gasteiger partial charge in [-0.15, -0.1) is 0 Å². The van der Waals surface area contributed by atoms with Crippen molar-refractivity contribution < 1.29 is 9.53 Å². The molecule has 0 saturated carbocycles. The normalized spacial score (nSPS) is 12.9. The lowest BCUT2D eigenvalue weighted by atomic mass is 10.1. The summed E-state index contributed by atoms with van der Waals surface area (Å²) in [4.78, 5) is 16.4. The molecule has 1 atom stereocenters. The van der Waals surface area contributed by atoms with E-state index in [0.29, 0.717) is 6.54 Å². The maximum atomic E-state index is 12.0. The number of nitrogens with zero attached hydrogens (tertiary/aromatic N) is 1. The van der Waals surface area contributed by atoms with Crippen LogP contribution in [-0.4, -0.2) is 29.6 Å². The maximum Gasteiger partial charge on any atom is 0.237 e. The van der Waals surface area contributed by atoms with Crippen LogP contribution in [0.1, 0.15) is 44.5 Å². The van der Waals surface area contributed by atoms with Gasteiger partial charge in [0.2, 0.25) is 5.91 Å². The summed E-state index contributed by atoms with van der Waals surface area (Å²) in [5, 5.41) is 6.16. The van der Waals surface area contributed by atoms with Gasteiger partial charge in [0.05, 0.1) is 18.8 Å². The van der Waals surface area contributed by atoms with E-state index in [1.807, 2.05) is 41.5 Å². The molecule has 0 spiro atoms. The van der Waals surface area contributed by atoms with Crippen molar-refractivity contribution in [2.75, 3.05) is 7.11 Å². The Morgan fingerprint density at radius 3 is 2.52 bits per heavy atom. The number of aryl methyl sites for hydroxylation is 1. The van der Waals surface area contributed by atoms with Gasteiger partial charge in [-0.2, -0.15) is 0 Å². The van der Waals surface area contributed by atoms with Gasteiger partial charge in [-0.1, -0.05) is 0 Å². The molecule has 1 amide bonds. The minimum absolute atomic E-state index is 0.0146. The van der Waals surface area contributed by atoms with Crippen molar-refractivity contribution in [1.82, 2.24) is 15.6 Å². The van der Waals surface area contributed by atoms with Crippen molar-refractivity contribution in [3.63, 3.8) is 0 Å². The van der Waals surface area contributed by atoms with Crippen molar-refractivity contribution in [2.45, 2.75) is 59.7 Å². The third kappa shape index (κ3) is 5.01. The van der Waals surface area contributed by atoms with E-state index in [1.165, 1.54) is 0 Å². The minimum atomic E-state index is -0.280. The van der Waals surface area contributed by atoms with Crippen molar-refractivity contribution in [3.8, 4) is 5.75 Å². The average molecular weight is 293 g/mol. The van der Waals surface area contributed by atoms with Gasteiger partial charge in [0.15, 0.2) is 0 Å². The fourth-order valence-electron chi connectivity index (χ4n) is 2.07. The number of methoxy groups -OCH3 is 1. The number of hydrogen-bond acceptors (Lipinski definition) is 4. The van der Waals surface area contributed by atoms with Crippen LogP contribution in [0.25, 0.3) is 0 Å². The molecule has 0 saturated heterocycles. The topological polar surface area (TPSA) is 63.2 Å². The van der Waals surface area contributed by atoms with Gasteiger partial charge in [0.25, 0.3) is 0 Å². The van der Waals surface area contributed by atoms with Gasteiger partial charge < -0.3 is 15.4 Å². The van der Waals surface area contributed by atoms with E-state index >= 15 is 0 Å². The number of aromatic nitrogens is 1. The fraction of sp³-hybridized carbons (Fsp3) is 0.625. The van der Waals surface area contributed by atoms with Crippen LogP contribution in [0.5, 0.6) is 5.75 Å². The lowest BCUT2D eigenvalue weighted by molar-refractivity contribution is -0.124. The van der Waals surface area contributed by atoms with Crippen LogP contribution >= 0.6 is 0 Å². The monoisotopic (exact) mass is 293 g/mol. The van der Waals surface area contributed by atoms with Crippen LogP contribution in [0.2, 0.25) is 0 Å². The van der Waals surface area contributed by atoms with Gasteiger partial charge in [-0.3, -0.25) is 9.78 Å². The Kier molecular flexibility index (Phi) is 5.72. The van der Waals surface area contributed by atoms with E-state index < -0.39 is 0 Å². The molecule has 0 aliphatic heterocycles. The number of rotatable bonds is 5. The molecule has 0 fully saturated rings. The third-order valence-electron chi connectivity index (χ3n) is 3.22. The zero-order valence-electron chi connectivity index (χ0n) is 14.1. The first-order valence-corrected chi connectivity index (χ1v) is 7.20. The van der Waals surface area contributed by atoms with Crippen LogP contribution in [0.15, 0.2) is 6.20 Å². The molecule has 21 heavy (non-hydrogen) atoms. The predicted molar refractivity (Wildman–Crippen MR) is 84.5 cm³/mol. The molecule has 5 heteroatoms. The van der Waals surface area contributed by atoms with Gasteiger partial charge in [0.1, 0.15) is 5.75 Å². The standard InChI is InChI=1S/C16H27N3O2/c1-10-8-18-13(11(2)14(10)21-7)9-17-12(3)15(20)19-16(4,5)6/h8,12,17H,9H2,1-7H3,(H,19,20). The van der Waals surface area contributed by atoms with Crippen molar-refractivity contribution in [1.29, 1.82) is 0 Å².